The molecule has 0 N–H and O–H groups in total. The second kappa shape index (κ2) is 5.99. The molecule has 3 heterocycles. The summed E-state index contributed by atoms with van der Waals surface area (Å²) in [5.74, 6) is -0.665. The van der Waals surface area contributed by atoms with E-state index in [-0.39, 0.29) is 10.4 Å². The van der Waals surface area contributed by atoms with Crippen molar-refractivity contribution in [3.63, 3.8) is 0 Å². The van der Waals surface area contributed by atoms with Gasteiger partial charge in [0.05, 0.1) is 12.6 Å². The fraction of sp³-hybridized carbons (Fsp3) is 0.467. The highest BCUT2D eigenvalue weighted by Crippen LogP contribution is 2.38. The van der Waals surface area contributed by atoms with Crippen LogP contribution in [0.15, 0.2) is 11.4 Å². The van der Waals surface area contributed by atoms with E-state index >= 15 is 0 Å². The van der Waals surface area contributed by atoms with Crippen molar-refractivity contribution in [3.8, 4) is 0 Å². The summed E-state index contributed by atoms with van der Waals surface area (Å²) >= 11 is 1.06. The van der Waals surface area contributed by atoms with Crippen molar-refractivity contribution >= 4 is 33.9 Å². The number of nitrogens with zero attached hydrogens (tertiary/aromatic N) is 2. The number of hydrogen-bond acceptors (Lipinski definition) is 5. The monoisotopic (exact) mass is 344 g/mol. The second-order valence-corrected chi connectivity index (χ2v) is 6.27. The van der Waals surface area contributed by atoms with Gasteiger partial charge in [-0.25, -0.2) is 9.78 Å². The minimum atomic E-state index is -4.56. The van der Waals surface area contributed by atoms with Gasteiger partial charge >= 0.3 is 12.1 Å². The molecule has 1 aliphatic rings. The number of halogens is 3. The van der Waals surface area contributed by atoms with Crippen molar-refractivity contribution in [3.05, 3.63) is 22.0 Å². The summed E-state index contributed by atoms with van der Waals surface area (Å²) in [6.45, 7) is 1.42. The Morgan fingerprint density at radius 3 is 2.61 bits per heavy atom. The lowest BCUT2D eigenvalue weighted by atomic mass is 10.1. The van der Waals surface area contributed by atoms with Crippen molar-refractivity contribution in [2.24, 2.45) is 0 Å². The quantitative estimate of drug-likeness (QED) is 0.770. The van der Waals surface area contributed by atoms with Crippen LogP contribution in [0.25, 0.3) is 10.9 Å². The lowest BCUT2D eigenvalue weighted by molar-refractivity contribution is -0.140. The minimum Gasteiger partial charge on any atom is -0.465 e. The van der Waals surface area contributed by atoms with Crippen LogP contribution < -0.4 is 4.90 Å². The number of thiophene rings is 1. The lowest BCUT2D eigenvalue weighted by Crippen LogP contribution is -2.30. The molecule has 0 aliphatic carbocycles. The summed E-state index contributed by atoms with van der Waals surface area (Å²) in [5, 5.41) is 2.25. The summed E-state index contributed by atoms with van der Waals surface area (Å²) in [4.78, 5) is 17.5. The van der Waals surface area contributed by atoms with Gasteiger partial charge in [-0.3, -0.25) is 0 Å². The van der Waals surface area contributed by atoms with Gasteiger partial charge in [0.1, 0.15) is 10.6 Å². The van der Waals surface area contributed by atoms with Crippen LogP contribution in [-0.2, 0) is 10.9 Å². The number of pyridine rings is 1. The number of methoxy groups -OCH3 is 1. The SMILES string of the molecule is COC(=O)c1scc2c(N3CCCCC3)cc(C(F)(F)F)nc12. The molecule has 4 nitrogen and oxygen atoms in total. The summed E-state index contributed by atoms with van der Waals surface area (Å²) in [6.07, 6.45) is -1.60. The molecule has 0 unspecified atom stereocenters. The van der Waals surface area contributed by atoms with Crippen LogP contribution in [0.5, 0.6) is 0 Å². The highest BCUT2D eigenvalue weighted by Gasteiger charge is 2.35. The second-order valence-electron chi connectivity index (χ2n) is 5.39. The zero-order valence-electron chi connectivity index (χ0n) is 12.4. The van der Waals surface area contributed by atoms with Gasteiger partial charge in [-0.1, -0.05) is 0 Å². The van der Waals surface area contributed by atoms with Crippen LogP contribution in [0.2, 0.25) is 0 Å². The Morgan fingerprint density at radius 1 is 1.30 bits per heavy atom. The Hall–Kier alpha value is -1.83. The molecule has 0 atom stereocenters. The van der Waals surface area contributed by atoms with Gasteiger partial charge in [0.25, 0.3) is 0 Å². The van der Waals surface area contributed by atoms with E-state index in [0.717, 1.165) is 36.7 Å². The van der Waals surface area contributed by atoms with E-state index in [0.29, 0.717) is 24.2 Å². The van der Waals surface area contributed by atoms with Crippen LogP contribution in [0.1, 0.15) is 34.6 Å². The van der Waals surface area contributed by atoms with Gasteiger partial charge < -0.3 is 9.64 Å². The Labute approximate surface area is 134 Å². The molecule has 3 rings (SSSR count). The molecule has 0 spiro atoms. The molecule has 0 bridgehead atoms. The number of carbonyl (C=O) groups is 1. The van der Waals surface area contributed by atoms with Crippen molar-refractivity contribution in [1.29, 1.82) is 0 Å². The number of carbonyl (C=O) groups excluding carboxylic acids is 1. The third-order valence-corrected chi connectivity index (χ3v) is 4.85. The highest BCUT2D eigenvalue weighted by atomic mass is 32.1. The molecule has 23 heavy (non-hydrogen) atoms. The molecule has 0 saturated carbocycles. The maximum atomic E-state index is 13.2. The van der Waals surface area contributed by atoms with Gasteiger partial charge in [-0.05, 0) is 25.3 Å². The van der Waals surface area contributed by atoms with E-state index in [2.05, 4.69) is 9.72 Å². The molecule has 0 amide bonds. The first-order chi connectivity index (χ1) is 10.9. The van der Waals surface area contributed by atoms with E-state index in [1.807, 2.05) is 4.90 Å². The number of fused-ring (bicyclic) bond motifs is 1. The first-order valence-electron chi connectivity index (χ1n) is 7.24. The molecule has 124 valence electrons. The number of hydrogen-bond donors (Lipinski definition) is 0. The number of alkyl halides is 3. The molecule has 2 aromatic rings. The molecule has 1 fully saturated rings. The van der Waals surface area contributed by atoms with Gasteiger partial charge in [-0.2, -0.15) is 13.2 Å². The number of ether oxygens (including phenoxy) is 1. The number of piperidine rings is 1. The molecule has 1 saturated heterocycles. The van der Waals surface area contributed by atoms with Gasteiger partial charge in [0.15, 0.2) is 0 Å². The predicted molar refractivity (Wildman–Crippen MR) is 82.0 cm³/mol. The number of aromatic nitrogens is 1. The summed E-state index contributed by atoms with van der Waals surface area (Å²) in [6, 6.07) is 1.08. The summed E-state index contributed by atoms with van der Waals surface area (Å²) < 4.78 is 44.2. The van der Waals surface area contributed by atoms with Crippen LogP contribution in [0.3, 0.4) is 0 Å². The van der Waals surface area contributed by atoms with E-state index in [1.165, 1.54) is 7.11 Å². The number of esters is 1. The third kappa shape index (κ3) is 2.99. The average Bonchev–Trinajstić information content (AvgIpc) is 2.97. The zero-order valence-corrected chi connectivity index (χ0v) is 13.3. The largest absolute Gasteiger partial charge is 0.465 e. The van der Waals surface area contributed by atoms with Crippen molar-refractivity contribution in [1.82, 2.24) is 4.98 Å². The molecular formula is C15H15F3N2O2S. The van der Waals surface area contributed by atoms with Gasteiger partial charge in [0.2, 0.25) is 0 Å². The molecule has 0 aromatic carbocycles. The lowest BCUT2D eigenvalue weighted by Gasteiger charge is -2.29. The number of anilines is 1. The molecular weight excluding hydrogens is 329 g/mol. The first-order valence-corrected chi connectivity index (χ1v) is 8.12. The molecule has 2 aromatic heterocycles. The van der Waals surface area contributed by atoms with Crippen molar-refractivity contribution in [2.45, 2.75) is 25.4 Å². The summed E-state index contributed by atoms with van der Waals surface area (Å²) in [5.41, 5.74) is -0.417. The molecule has 1 aliphatic heterocycles. The van der Waals surface area contributed by atoms with Crippen LogP contribution in [0, 0.1) is 0 Å². The van der Waals surface area contributed by atoms with E-state index in [9.17, 15) is 18.0 Å². The predicted octanol–water partition coefficient (Wildman–Crippen LogP) is 4.09. The van der Waals surface area contributed by atoms with Crippen LogP contribution in [0.4, 0.5) is 18.9 Å². The van der Waals surface area contributed by atoms with Crippen LogP contribution >= 0.6 is 11.3 Å². The fourth-order valence-corrected chi connectivity index (χ4v) is 3.70. The standard InChI is InChI=1S/C15H15F3N2O2S/c1-22-14(21)13-12-9(8-23-13)10(20-5-3-2-4-6-20)7-11(19-12)15(16,17)18/h7-8H,2-6H2,1H3. The van der Waals surface area contributed by atoms with E-state index in [4.69, 9.17) is 0 Å². The zero-order chi connectivity index (χ0) is 16.6. The van der Waals surface area contributed by atoms with Crippen molar-refractivity contribution in [2.75, 3.05) is 25.1 Å². The third-order valence-electron chi connectivity index (χ3n) is 3.90. The van der Waals surface area contributed by atoms with E-state index in [1.54, 1.807) is 5.38 Å². The van der Waals surface area contributed by atoms with Gasteiger partial charge in [-0.15, -0.1) is 11.3 Å². The Balaban J connectivity index is 2.20. The average molecular weight is 344 g/mol. The Bertz CT molecular complexity index is 736. The highest BCUT2D eigenvalue weighted by molar-refractivity contribution is 7.13. The van der Waals surface area contributed by atoms with Crippen LogP contribution in [-0.4, -0.2) is 31.2 Å². The molecule has 0 radical (unpaired) electrons. The minimum absolute atomic E-state index is 0.0669. The van der Waals surface area contributed by atoms with Gasteiger partial charge in [0, 0.05) is 29.5 Å². The topological polar surface area (TPSA) is 42.4 Å². The Kier molecular flexibility index (Phi) is 4.18. The maximum Gasteiger partial charge on any atom is 0.433 e. The Morgan fingerprint density at radius 2 is 2.00 bits per heavy atom. The smallest absolute Gasteiger partial charge is 0.433 e. The normalized spacial score (nSPS) is 15.9. The molecule has 8 heteroatoms. The maximum absolute atomic E-state index is 13.2. The van der Waals surface area contributed by atoms with Crippen molar-refractivity contribution < 1.29 is 22.7 Å². The number of rotatable bonds is 2. The summed E-state index contributed by atoms with van der Waals surface area (Å²) in [7, 11) is 1.20. The van der Waals surface area contributed by atoms with E-state index < -0.39 is 17.8 Å². The first kappa shape index (κ1) is 16.0. The fourth-order valence-electron chi connectivity index (χ4n) is 2.78.